The molecule has 3 rings (SSSR count). The first-order valence-electron chi connectivity index (χ1n) is 7.61. The Hall–Kier alpha value is -1.87. The minimum absolute atomic E-state index is 0.117. The van der Waals surface area contributed by atoms with Crippen LogP contribution < -0.4 is 5.32 Å². The molecule has 0 saturated heterocycles. The number of carbonyl (C=O) groups excluding carboxylic acids is 1. The van der Waals surface area contributed by atoms with Crippen LogP contribution in [0.4, 0.5) is 0 Å². The fourth-order valence-electron chi connectivity index (χ4n) is 3.22. The molecule has 1 fully saturated rings. The predicted octanol–water partition coefficient (Wildman–Crippen LogP) is 3.32. The average molecular weight is 283 g/mol. The molecule has 1 amide bonds. The molecule has 0 spiro atoms. The van der Waals surface area contributed by atoms with Gasteiger partial charge >= 0.3 is 0 Å². The lowest BCUT2D eigenvalue weighted by Gasteiger charge is -2.24. The zero-order chi connectivity index (χ0) is 14.9. The summed E-state index contributed by atoms with van der Waals surface area (Å²) in [4.78, 5) is 12.3. The molecule has 1 unspecified atom stereocenters. The second-order valence-corrected chi connectivity index (χ2v) is 6.00. The van der Waals surface area contributed by atoms with Crippen molar-refractivity contribution in [3.05, 3.63) is 48.0 Å². The highest BCUT2D eigenvalue weighted by atomic mass is 16.3. The summed E-state index contributed by atoms with van der Waals surface area (Å²) in [5.74, 6) is -0.236. The average Bonchev–Trinajstić information content (AvgIpc) is 2.95. The number of rotatable bonds is 3. The van der Waals surface area contributed by atoms with Gasteiger partial charge in [-0.1, -0.05) is 42.5 Å². The third-order valence-electron chi connectivity index (χ3n) is 4.49. The lowest BCUT2D eigenvalue weighted by atomic mass is 9.97. The molecule has 0 heterocycles. The SMILES string of the molecule is CC(NC(=O)C1(O)CCCC1)c1cccc2ccccc12. The Labute approximate surface area is 125 Å². The Kier molecular flexibility index (Phi) is 3.68. The Bertz CT molecular complexity index is 654. The summed E-state index contributed by atoms with van der Waals surface area (Å²) in [6.45, 7) is 1.97. The molecule has 0 aliphatic heterocycles. The van der Waals surface area contributed by atoms with E-state index in [9.17, 15) is 9.90 Å². The van der Waals surface area contributed by atoms with E-state index in [1.165, 1.54) is 0 Å². The minimum Gasteiger partial charge on any atom is -0.380 e. The molecule has 1 saturated carbocycles. The number of hydrogen-bond donors (Lipinski definition) is 2. The van der Waals surface area contributed by atoms with Crippen LogP contribution in [0.15, 0.2) is 42.5 Å². The largest absolute Gasteiger partial charge is 0.380 e. The van der Waals surface area contributed by atoms with E-state index in [4.69, 9.17) is 0 Å². The Balaban J connectivity index is 1.84. The first-order chi connectivity index (χ1) is 10.1. The van der Waals surface area contributed by atoms with Gasteiger partial charge in [0.2, 0.25) is 0 Å². The maximum absolute atomic E-state index is 12.3. The van der Waals surface area contributed by atoms with E-state index in [0.717, 1.165) is 29.2 Å². The monoisotopic (exact) mass is 283 g/mol. The van der Waals surface area contributed by atoms with Crippen molar-refractivity contribution in [2.45, 2.75) is 44.2 Å². The van der Waals surface area contributed by atoms with Crippen molar-refractivity contribution in [3.8, 4) is 0 Å². The van der Waals surface area contributed by atoms with Crippen molar-refractivity contribution >= 4 is 16.7 Å². The highest BCUT2D eigenvalue weighted by Gasteiger charge is 2.39. The molecule has 0 radical (unpaired) electrons. The molecular weight excluding hydrogens is 262 g/mol. The van der Waals surface area contributed by atoms with Gasteiger partial charge < -0.3 is 10.4 Å². The van der Waals surface area contributed by atoms with Crippen LogP contribution in [0.3, 0.4) is 0 Å². The molecule has 2 aromatic rings. The lowest BCUT2D eigenvalue weighted by molar-refractivity contribution is -0.139. The van der Waals surface area contributed by atoms with Crippen molar-refractivity contribution in [1.82, 2.24) is 5.32 Å². The first-order valence-corrected chi connectivity index (χ1v) is 7.61. The van der Waals surface area contributed by atoms with Gasteiger partial charge in [0.1, 0.15) is 5.60 Å². The van der Waals surface area contributed by atoms with Crippen LogP contribution in [0.5, 0.6) is 0 Å². The molecular formula is C18H21NO2. The van der Waals surface area contributed by atoms with Gasteiger partial charge in [0, 0.05) is 0 Å². The topological polar surface area (TPSA) is 49.3 Å². The third-order valence-corrected chi connectivity index (χ3v) is 4.49. The number of amides is 1. The van der Waals surface area contributed by atoms with Crippen LogP contribution in [-0.2, 0) is 4.79 Å². The summed E-state index contributed by atoms with van der Waals surface area (Å²) < 4.78 is 0. The molecule has 3 nitrogen and oxygen atoms in total. The summed E-state index contributed by atoms with van der Waals surface area (Å²) >= 11 is 0. The molecule has 3 heteroatoms. The summed E-state index contributed by atoms with van der Waals surface area (Å²) in [5.41, 5.74) is -0.0817. The quantitative estimate of drug-likeness (QED) is 0.908. The Morgan fingerprint density at radius 1 is 1.14 bits per heavy atom. The zero-order valence-corrected chi connectivity index (χ0v) is 12.3. The Morgan fingerprint density at radius 3 is 2.57 bits per heavy atom. The predicted molar refractivity (Wildman–Crippen MR) is 83.9 cm³/mol. The second-order valence-electron chi connectivity index (χ2n) is 6.00. The molecule has 0 aromatic heterocycles. The van der Waals surface area contributed by atoms with Crippen LogP contribution in [-0.4, -0.2) is 16.6 Å². The molecule has 110 valence electrons. The van der Waals surface area contributed by atoms with Gasteiger partial charge in [0.05, 0.1) is 6.04 Å². The van der Waals surface area contributed by atoms with E-state index in [1.54, 1.807) is 0 Å². The summed E-state index contributed by atoms with van der Waals surface area (Å²) in [6.07, 6.45) is 2.99. The Morgan fingerprint density at radius 2 is 1.81 bits per heavy atom. The molecule has 0 bridgehead atoms. The van der Waals surface area contributed by atoms with Gasteiger partial charge in [-0.15, -0.1) is 0 Å². The van der Waals surface area contributed by atoms with Crippen LogP contribution in [0.2, 0.25) is 0 Å². The number of aliphatic hydroxyl groups is 1. The summed E-state index contributed by atoms with van der Waals surface area (Å²) in [5, 5.41) is 15.6. The van der Waals surface area contributed by atoms with Crippen molar-refractivity contribution in [2.24, 2.45) is 0 Å². The zero-order valence-electron chi connectivity index (χ0n) is 12.3. The fourth-order valence-corrected chi connectivity index (χ4v) is 3.22. The number of nitrogens with one attached hydrogen (secondary N) is 1. The molecule has 1 atom stereocenters. The van der Waals surface area contributed by atoms with E-state index < -0.39 is 5.60 Å². The van der Waals surface area contributed by atoms with Gasteiger partial charge in [-0.05, 0) is 48.9 Å². The number of benzene rings is 2. The van der Waals surface area contributed by atoms with Crippen LogP contribution in [0.1, 0.15) is 44.2 Å². The molecule has 1 aliphatic rings. The number of hydrogen-bond acceptors (Lipinski definition) is 2. The smallest absolute Gasteiger partial charge is 0.252 e. The van der Waals surface area contributed by atoms with E-state index in [2.05, 4.69) is 23.5 Å². The second kappa shape index (κ2) is 5.49. The minimum atomic E-state index is -1.17. The van der Waals surface area contributed by atoms with Crippen molar-refractivity contribution in [2.75, 3.05) is 0 Å². The van der Waals surface area contributed by atoms with Crippen molar-refractivity contribution in [1.29, 1.82) is 0 Å². The van der Waals surface area contributed by atoms with Crippen LogP contribution in [0, 0.1) is 0 Å². The fraction of sp³-hybridized carbons (Fsp3) is 0.389. The highest BCUT2D eigenvalue weighted by molar-refractivity contribution is 5.88. The summed E-state index contributed by atoms with van der Waals surface area (Å²) in [7, 11) is 0. The number of carbonyl (C=O) groups is 1. The first kappa shape index (κ1) is 14.1. The van der Waals surface area contributed by atoms with Gasteiger partial charge in [-0.25, -0.2) is 0 Å². The normalized spacial score (nSPS) is 18.6. The molecule has 2 N–H and O–H groups in total. The van der Waals surface area contributed by atoms with Gasteiger partial charge in [0.15, 0.2) is 0 Å². The highest BCUT2D eigenvalue weighted by Crippen LogP contribution is 2.31. The van der Waals surface area contributed by atoms with Gasteiger partial charge in [-0.2, -0.15) is 0 Å². The van der Waals surface area contributed by atoms with Crippen LogP contribution in [0.25, 0.3) is 10.8 Å². The summed E-state index contributed by atoms with van der Waals surface area (Å²) in [6, 6.07) is 14.1. The van der Waals surface area contributed by atoms with Gasteiger partial charge in [-0.3, -0.25) is 4.79 Å². The molecule has 1 aliphatic carbocycles. The molecule has 2 aromatic carbocycles. The standard InChI is InChI=1S/C18H21NO2/c1-13(19-17(20)18(21)11-4-5-12-18)15-10-6-8-14-7-2-3-9-16(14)15/h2-3,6-10,13,21H,4-5,11-12H2,1H3,(H,19,20). The molecule has 21 heavy (non-hydrogen) atoms. The van der Waals surface area contributed by atoms with Crippen LogP contribution >= 0.6 is 0 Å². The van der Waals surface area contributed by atoms with E-state index in [0.29, 0.717) is 12.8 Å². The lowest BCUT2D eigenvalue weighted by Crippen LogP contribution is -2.45. The maximum atomic E-state index is 12.3. The van der Waals surface area contributed by atoms with E-state index in [1.807, 2.05) is 31.2 Å². The van der Waals surface area contributed by atoms with Gasteiger partial charge in [0.25, 0.3) is 5.91 Å². The van der Waals surface area contributed by atoms with E-state index in [-0.39, 0.29) is 11.9 Å². The maximum Gasteiger partial charge on any atom is 0.252 e. The van der Waals surface area contributed by atoms with Crippen molar-refractivity contribution in [3.63, 3.8) is 0 Å². The van der Waals surface area contributed by atoms with E-state index >= 15 is 0 Å². The van der Waals surface area contributed by atoms with Crippen molar-refractivity contribution < 1.29 is 9.90 Å². The number of fused-ring (bicyclic) bond motifs is 1. The third kappa shape index (κ3) is 2.66.